The topological polar surface area (TPSA) is 73.7 Å². The average molecular weight is 343 g/mol. The highest BCUT2D eigenvalue weighted by molar-refractivity contribution is 5.90. The standard InChI is InChI=1S/C18H21N3O4/c1-20-11-14(9-19-20)18(23)25-12-17(22)21(15-5-6-15)10-13-3-7-16(24-2)8-4-13/h3-4,7-9,11,15H,5-6,10,12H2,1-2H3. The van der Waals surface area contributed by atoms with Crippen molar-refractivity contribution in [2.75, 3.05) is 13.7 Å². The second-order valence-corrected chi connectivity index (χ2v) is 6.08. The molecular formula is C18H21N3O4. The molecule has 1 aliphatic rings. The van der Waals surface area contributed by atoms with E-state index in [1.54, 1.807) is 25.3 Å². The lowest BCUT2D eigenvalue weighted by atomic mass is 10.2. The van der Waals surface area contributed by atoms with Crippen molar-refractivity contribution in [3.05, 3.63) is 47.8 Å². The first-order valence-electron chi connectivity index (χ1n) is 8.15. The van der Waals surface area contributed by atoms with Crippen LogP contribution in [0, 0.1) is 0 Å². The van der Waals surface area contributed by atoms with E-state index in [1.807, 2.05) is 24.3 Å². The number of nitrogens with zero attached hydrogens (tertiary/aromatic N) is 3. The van der Waals surface area contributed by atoms with Gasteiger partial charge in [0, 0.05) is 25.8 Å². The molecular weight excluding hydrogens is 322 g/mol. The van der Waals surface area contributed by atoms with Gasteiger partial charge < -0.3 is 14.4 Å². The van der Waals surface area contributed by atoms with Crippen LogP contribution in [0.1, 0.15) is 28.8 Å². The highest BCUT2D eigenvalue weighted by Crippen LogP contribution is 2.28. The van der Waals surface area contributed by atoms with E-state index in [1.165, 1.54) is 10.9 Å². The SMILES string of the molecule is COc1ccc(CN(C(=O)COC(=O)c2cnn(C)c2)C2CC2)cc1. The summed E-state index contributed by atoms with van der Waals surface area (Å²) in [6.07, 6.45) is 4.95. The summed E-state index contributed by atoms with van der Waals surface area (Å²) in [5.74, 6) is 0.0515. The average Bonchev–Trinajstić information content (AvgIpc) is 3.38. The van der Waals surface area contributed by atoms with E-state index in [0.717, 1.165) is 24.2 Å². The molecule has 1 heterocycles. The van der Waals surface area contributed by atoms with Gasteiger partial charge in [-0.2, -0.15) is 5.10 Å². The lowest BCUT2D eigenvalue weighted by molar-refractivity contribution is -0.135. The molecule has 7 heteroatoms. The summed E-state index contributed by atoms with van der Waals surface area (Å²) in [7, 11) is 3.33. The quantitative estimate of drug-likeness (QED) is 0.717. The number of ether oxygens (including phenoxy) is 2. The molecule has 1 amide bonds. The van der Waals surface area contributed by atoms with Crippen LogP contribution in [-0.4, -0.2) is 46.3 Å². The minimum Gasteiger partial charge on any atom is -0.497 e. The van der Waals surface area contributed by atoms with Gasteiger partial charge in [-0.25, -0.2) is 4.79 Å². The fourth-order valence-electron chi connectivity index (χ4n) is 2.55. The molecule has 0 radical (unpaired) electrons. The predicted molar refractivity (Wildman–Crippen MR) is 90.1 cm³/mol. The smallest absolute Gasteiger partial charge is 0.341 e. The number of hydrogen-bond donors (Lipinski definition) is 0. The first-order chi connectivity index (χ1) is 12.1. The molecule has 0 aliphatic heterocycles. The minimum absolute atomic E-state index is 0.185. The zero-order valence-corrected chi connectivity index (χ0v) is 14.3. The first-order valence-corrected chi connectivity index (χ1v) is 8.15. The van der Waals surface area contributed by atoms with Crippen LogP contribution < -0.4 is 4.74 Å². The summed E-state index contributed by atoms with van der Waals surface area (Å²) in [5, 5.41) is 3.92. The Balaban J connectivity index is 1.58. The van der Waals surface area contributed by atoms with Crippen molar-refractivity contribution in [2.24, 2.45) is 7.05 Å². The van der Waals surface area contributed by atoms with Crippen molar-refractivity contribution in [3.63, 3.8) is 0 Å². The summed E-state index contributed by atoms with van der Waals surface area (Å²) in [5.41, 5.74) is 1.35. The van der Waals surface area contributed by atoms with Crippen LogP contribution in [0.15, 0.2) is 36.7 Å². The number of benzene rings is 1. The molecule has 7 nitrogen and oxygen atoms in total. The highest BCUT2D eigenvalue weighted by Gasteiger charge is 2.33. The van der Waals surface area contributed by atoms with E-state index < -0.39 is 5.97 Å². The van der Waals surface area contributed by atoms with Crippen LogP contribution in [0.5, 0.6) is 5.75 Å². The fraction of sp³-hybridized carbons (Fsp3) is 0.389. The number of carbonyl (C=O) groups is 2. The van der Waals surface area contributed by atoms with Gasteiger partial charge in [-0.3, -0.25) is 9.48 Å². The Kier molecular flexibility index (Phi) is 5.02. The van der Waals surface area contributed by atoms with Crippen molar-refractivity contribution in [1.29, 1.82) is 0 Å². The maximum atomic E-state index is 12.5. The second-order valence-electron chi connectivity index (χ2n) is 6.08. The second kappa shape index (κ2) is 7.38. The Bertz CT molecular complexity index is 750. The van der Waals surface area contributed by atoms with Gasteiger partial charge in [0.25, 0.3) is 5.91 Å². The first kappa shape index (κ1) is 17.0. The van der Waals surface area contributed by atoms with Crippen LogP contribution >= 0.6 is 0 Å². The van der Waals surface area contributed by atoms with E-state index >= 15 is 0 Å². The molecule has 0 bridgehead atoms. The molecule has 132 valence electrons. The number of rotatable bonds is 7. The van der Waals surface area contributed by atoms with Gasteiger partial charge in [0.05, 0.1) is 18.9 Å². The van der Waals surface area contributed by atoms with E-state index in [2.05, 4.69) is 5.10 Å². The number of methoxy groups -OCH3 is 1. The van der Waals surface area contributed by atoms with Gasteiger partial charge in [0.15, 0.2) is 6.61 Å². The number of amides is 1. The third-order valence-corrected chi connectivity index (χ3v) is 4.09. The zero-order chi connectivity index (χ0) is 17.8. The summed E-state index contributed by atoms with van der Waals surface area (Å²) in [4.78, 5) is 26.2. The third-order valence-electron chi connectivity index (χ3n) is 4.09. The third kappa shape index (κ3) is 4.37. The summed E-state index contributed by atoms with van der Waals surface area (Å²) in [6.45, 7) is 0.234. The number of hydrogen-bond acceptors (Lipinski definition) is 5. The molecule has 0 N–H and O–H groups in total. The van der Waals surface area contributed by atoms with Crippen LogP contribution in [0.3, 0.4) is 0 Å². The normalized spacial score (nSPS) is 13.4. The van der Waals surface area contributed by atoms with Crippen molar-refractivity contribution in [3.8, 4) is 5.75 Å². The Morgan fingerprint density at radius 1 is 1.28 bits per heavy atom. The predicted octanol–water partition coefficient (Wildman–Crippen LogP) is 1.78. The maximum absolute atomic E-state index is 12.5. The molecule has 1 fully saturated rings. The Hall–Kier alpha value is -2.83. The lowest BCUT2D eigenvalue weighted by Crippen LogP contribution is -2.36. The number of esters is 1. The molecule has 1 saturated carbocycles. The lowest BCUT2D eigenvalue weighted by Gasteiger charge is -2.22. The Labute approximate surface area is 146 Å². The van der Waals surface area contributed by atoms with Gasteiger partial charge in [-0.1, -0.05) is 12.1 Å². The minimum atomic E-state index is -0.540. The molecule has 1 aromatic heterocycles. The molecule has 0 unspecified atom stereocenters. The van der Waals surface area contributed by atoms with Crippen LogP contribution in [0.4, 0.5) is 0 Å². The Morgan fingerprint density at radius 2 is 2.00 bits per heavy atom. The molecule has 0 atom stereocenters. The van der Waals surface area contributed by atoms with Gasteiger partial charge in [0.2, 0.25) is 0 Å². The Morgan fingerprint density at radius 3 is 2.56 bits per heavy atom. The molecule has 0 spiro atoms. The largest absolute Gasteiger partial charge is 0.497 e. The summed E-state index contributed by atoms with van der Waals surface area (Å²) < 4.78 is 11.8. The number of aryl methyl sites for hydroxylation is 1. The van der Waals surface area contributed by atoms with Gasteiger partial charge in [-0.15, -0.1) is 0 Å². The van der Waals surface area contributed by atoms with E-state index in [4.69, 9.17) is 9.47 Å². The summed E-state index contributed by atoms with van der Waals surface area (Å²) >= 11 is 0. The fourth-order valence-corrected chi connectivity index (χ4v) is 2.55. The summed E-state index contributed by atoms with van der Waals surface area (Å²) in [6, 6.07) is 7.83. The number of carbonyl (C=O) groups excluding carboxylic acids is 2. The van der Waals surface area contributed by atoms with Gasteiger partial charge in [0.1, 0.15) is 5.75 Å². The van der Waals surface area contributed by atoms with Gasteiger partial charge >= 0.3 is 5.97 Å². The molecule has 2 aromatic rings. The highest BCUT2D eigenvalue weighted by atomic mass is 16.5. The zero-order valence-electron chi connectivity index (χ0n) is 14.3. The molecule has 3 rings (SSSR count). The van der Waals surface area contributed by atoms with Crippen LogP contribution in [0.25, 0.3) is 0 Å². The van der Waals surface area contributed by atoms with Crippen molar-refractivity contribution >= 4 is 11.9 Å². The van der Waals surface area contributed by atoms with Crippen molar-refractivity contribution in [1.82, 2.24) is 14.7 Å². The maximum Gasteiger partial charge on any atom is 0.341 e. The van der Waals surface area contributed by atoms with E-state index in [0.29, 0.717) is 12.1 Å². The van der Waals surface area contributed by atoms with Crippen LogP contribution in [0.2, 0.25) is 0 Å². The van der Waals surface area contributed by atoms with Gasteiger partial charge in [-0.05, 0) is 30.5 Å². The molecule has 1 aliphatic carbocycles. The molecule has 25 heavy (non-hydrogen) atoms. The number of aromatic nitrogens is 2. The van der Waals surface area contributed by atoms with E-state index in [9.17, 15) is 9.59 Å². The van der Waals surface area contributed by atoms with Crippen molar-refractivity contribution in [2.45, 2.75) is 25.4 Å². The molecule has 0 saturated heterocycles. The van der Waals surface area contributed by atoms with Crippen molar-refractivity contribution < 1.29 is 19.1 Å². The molecule has 1 aromatic carbocycles. The van der Waals surface area contributed by atoms with E-state index in [-0.39, 0.29) is 18.6 Å². The monoisotopic (exact) mass is 343 g/mol. The van der Waals surface area contributed by atoms with Crippen LogP contribution in [-0.2, 0) is 23.1 Å².